The molecule has 0 radical (unpaired) electrons. The van der Waals surface area contributed by atoms with Crippen molar-refractivity contribution in [3.05, 3.63) is 28.8 Å². The highest BCUT2D eigenvalue weighted by atomic mass is 19.4. The van der Waals surface area contributed by atoms with Crippen LogP contribution in [0.4, 0.5) is 26.3 Å². The number of pyridine rings is 1. The van der Waals surface area contributed by atoms with Gasteiger partial charge in [0, 0.05) is 0 Å². The highest BCUT2D eigenvalue weighted by Gasteiger charge is 2.36. The predicted octanol–water partition coefficient (Wildman–Crippen LogP) is 3.49. The minimum atomic E-state index is -4.86. The van der Waals surface area contributed by atoms with Gasteiger partial charge in [-0.15, -0.1) is 0 Å². The second-order valence-electron chi connectivity index (χ2n) is 2.82. The molecule has 0 N–H and O–H groups in total. The highest BCUT2D eigenvalue weighted by Crippen LogP contribution is 2.32. The van der Waals surface area contributed by atoms with Crippen LogP contribution >= 0.6 is 0 Å². The number of hydrogen-bond donors (Lipinski definition) is 0. The maximum absolute atomic E-state index is 12.8. The van der Waals surface area contributed by atoms with Crippen LogP contribution in [0.3, 0.4) is 0 Å². The Labute approximate surface area is 80.7 Å². The standard InChI is InChI=1S/C8H5F6N/c1-3-2-4(9)5(7(10)11)15-6(3)8(12,13)14/h2,7H,1H3. The molecule has 0 aliphatic rings. The molecule has 15 heavy (non-hydrogen) atoms. The SMILES string of the molecule is Cc1cc(F)c(C(F)F)nc1C(F)(F)F. The van der Waals surface area contributed by atoms with Gasteiger partial charge in [-0.25, -0.2) is 18.2 Å². The highest BCUT2D eigenvalue weighted by molar-refractivity contribution is 5.25. The van der Waals surface area contributed by atoms with E-state index < -0.39 is 35.4 Å². The topological polar surface area (TPSA) is 12.9 Å². The molecule has 0 saturated carbocycles. The summed E-state index contributed by atoms with van der Waals surface area (Å²) >= 11 is 0. The maximum atomic E-state index is 12.8. The van der Waals surface area contributed by atoms with Gasteiger partial charge in [-0.2, -0.15) is 13.2 Å². The molecule has 0 atom stereocenters. The zero-order valence-electron chi connectivity index (χ0n) is 7.37. The summed E-state index contributed by atoms with van der Waals surface area (Å²) in [5.41, 5.74) is -3.49. The monoisotopic (exact) mass is 229 g/mol. The first-order chi connectivity index (χ1) is 6.73. The Morgan fingerprint density at radius 3 is 2.20 bits per heavy atom. The minimum Gasteiger partial charge on any atom is -0.239 e. The van der Waals surface area contributed by atoms with Crippen LogP contribution in [0.15, 0.2) is 6.07 Å². The molecule has 1 aromatic rings. The Balaban J connectivity index is 3.37. The second kappa shape index (κ2) is 3.71. The van der Waals surface area contributed by atoms with Crippen molar-refractivity contribution in [2.45, 2.75) is 19.5 Å². The van der Waals surface area contributed by atoms with Crippen LogP contribution in [0.2, 0.25) is 0 Å². The molecule has 0 unspecified atom stereocenters. The van der Waals surface area contributed by atoms with Crippen LogP contribution in [-0.2, 0) is 6.18 Å². The van der Waals surface area contributed by atoms with E-state index in [0.29, 0.717) is 6.07 Å². The predicted molar refractivity (Wildman–Crippen MR) is 38.9 cm³/mol. The molecule has 7 heteroatoms. The lowest BCUT2D eigenvalue weighted by Crippen LogP contribution is -2.13. The van der Waals surface area contributed by atoms with Crippen LogP contribution in [0.25, 0.3) is 0 Å². The molecular formula is C8H5F6N. The molecule has 0 aliphatic heterocycles. The van der Waals surface area contributed by atoms with Crippen molar-refractivity contribution >= 4 is 0 Å². The molecule has 1 rings (SSSR count). The lowest BCUT2D eigenvalue weighted by atomic mass is 10.2. The lowest BCUT2D eigenvalue weighted by molar-refractivity contribution is -0.142. The molecule has 84 valence electrons. The molecule has 0 spiro atoms. The number of aryl methyl sites for hydroxylation is 1. The minimum absolute atomic E-state index is 0.400. The smallest absolute Gasteiger partial charge is 0.239 e. The Kier molecular flexibility index (Phi) is 2.92. The summed E-state index contributed by atoms with van der Waals surface area (Å²) in [6.07, 6.45) is -8.23. The summed E-state index contributed by atoms with van der Waals surface area (Å²) in [5, 5.41) is 0. The summed E-state index contributed by atoms with van der Waals surface area (Å²) in [6, 6.07) is 0.400. The fourth-order valence-corrected chi connectivity index (χ4v) is 1.03. The van der Waals surface area contributed by atoms with E-state index in [1.165, 1.54) is 0 Å². The third kappa shape index (κ3) is 2.40. The number of aromatic nitrogens is 1. The number of nitrogens with zero attached hydrogens (tertiary/aromatic N) is 1. The van der Waals surface area contributed by atoms with Crippen molar-refractivity contribution in [1.29, 1.82) is 0 Å². The molecule has 0 amide bonds. The zero-order chi connectivity index (χ0) is 11.8. The summed E-state index contributed by atoms with van der Waals surface area (Å²) in [4.78, 5) is 2.59. The molecule has 0 aromatic carbocycles. The molecule has 0 saturated heterocycles. The van der Waals surface area contributed by atoms with E-state index in [1.807, 2.05) is 0 Å². The van der Waals surface area contributed by atoms with Crippen molar-refractivity contribution in [3.8, 4) is 0 Å². The van der Waals surface area contributed by atoms with Gasteiger partial charge >= 0.3 is 6.18 Å². The maximum Gasteiger partial charge on any atom is 0.433 e. The Morgan fingerprint density at radius 1 is 1.27 bits per heavy atom. The van der Waals surface area contributed by atoms with Gasteiger partial charge < -0.3 is 0 Å². The Morgan fingerprint density at radius 2 is 1.80 bits per heavy atom. The Hall–Kier alpha value is -1.27. The van der Waals surface area contributed by atoms with E-state index in [9.17, 15) is 26.3 Å². The average Bonchev–Trinajstić information content (AvgIpc) is 2.00. The Bertz CT molecular complexity index is 370. The lowest BCUT2D eigenvalue weighted by Gasteiger charge is -2.11. The number of hydrogen-bond acceptors (Lipinski definition) is 1. The molecule has 0 bridgehead atoms. The van der Waals surface area contributed by atoms with Gasteiger partial charge in [0.25, 0.3) is 6.43 Å². The van der Waals surface area contributed by atoms with Crippen LogP contribution in [0.1, 0.15) is 23.4 Å². The van der Waals surface area contributed by atoms with Gasteiger partial charge in [-0.1, -0.05) is 0 Å². The van der Waals surface area contributed by atoms with E-state index in [-0.39, 0.29) is 0 Å². The summed E-state index contributed by atoms with van der Waals surface area (Å²) in [6.45, 7) is 0.953. The molecule has 1 heterocycles. The van der Waals surface area contributed by atoms with Crippen molar-refractivity contribution in [2.75, 3.05) is 0 Å². The van der Waals surface area contributed by atoms with Crippen molar-refractivity contribution in [2.24, 2.45) is 0 Å². The number of alkyl halides is 5. The van der Waals surface area contributed by atoms with E-state index in [4.69, 9.17) is 0 Å². The van der Waals surface area contributed by atoms with E-state index >= 15 is 0 Å². The molecular weight excluding hydrogens is 224 g/mol. The van der Waals surface area contributed by atoms with Crippen molar-refractivity contribution < 1.29 is 26.3 Å². The van der Waals surface area contributed by atoms with E-state index in [1.54, 1.807) is 0 Å². The first-order valence-corrected chi connectivity index (χ1v) is 3.76. The molecule has 1 aromatic heterocycles. The normalized spacial score (nSPS) is 12.3. The fourth-order valence-electron chi connectivity index (χ4n) is 1.03. The number of halogens is 6. The fraction of sp³-hybridized carbons (Fsp3) is 0.375. The van der Waals surface area contributed by atoms with Crippen molar-refractivity contribution in [1.82, 2.24) is 4.98 Å². The second-order valence-corrected chi connectivity index (χ2v) is 2.82. The van der Waals surface area contributed by atoms with Gasteiger partial charge in [0.15, 0.2) is 5.82 Å². The van der Waals surface area contributed by atoms with Crippen LogP contribution in [-0.4, -0.2) is 4.98 Å². The zero-order valence-corrected chi connectivity index (χ0v) is 7.37. The first kappa shape index (κ1) is 11.8. The van der Waals surface area contributed by atoms with Crippen LogP contribution in [0.5, 0.6) is 0 Å². The van der Waals surface area contributed by atoms with E-state index in [2.05, 4.69) is 4.98 Å². The first-order valence-electron chi connectivity index (χ1n) is 3.76. The summed E-state index contributed by atoms with van der Waals surface area (Å²) in [7, 11) is 0. The molecule has 0 aliphatic carbocycles. The molecule has 0 fully saturated rings. The van der Waals surface area contributed by atoms with Crippen molar-refractivity contribution in [3.63, 3.8) is 0 Å². The summed E-state index contributed by atoms with van der Waals surface area (Å²) in [5.74, 6) is -1.43. The average molecular weight is 229 g/mol. The van der Waals surface area contributed by atoms with E-state index in [0.717, 1.165) is 6.92 Å². The van der Waals surface area contributed by atoms with Gasteiger partial charge in [0.2, 0.25) is 0 Å². The number of rotatable bonds is 1. The third-order valence-electron chi connectivity index (χ3n) is 1.67. The summed E-state index contributed by atoms with van der Waals surface area (Å²) < 4.78 is 73.5. The quantitative estimate of drug-likeness (QED) is 0.671. The largest absolute Gasteiger partial charge is 0.433 e. The third-order valence-corrected chi connectivity index (χ3v) is 1.67. The van der Waals surface area contributed by atoms with Gasteiger partial charge in [0.05, 0.1) is 0 Å². The van der Waals surface area contributed by atoms with Gasteiger partial charge in [0.1, 0.15) is 11.4 Å². The van der Waals surface area contributed by atoms with Gasteiger partial charge in [-0.05, 0) is 18.6 Å². The molecule has 1 nitrogen and oxygen atoms in total. The van der Waals surface area contributed by atoms with Crippen LogP contribution in [0, 0.1) is 12.7 Å². The van der Waals surface area contributed by atoms with Crippen LogP contribution < -0.4 is 0 Å². The van der Waals surface area contributed by atoms with Gasteiger partial charge in [-0.3, -0.25) is 0 Å².